The highest BCUT2D eigenvalue weighted by molar-refractivity contribution is 6.30. The Bertz CT molecular complexity index is 1880. The Morgan fingerprint density at radius 2 is 2.00 bits per heavy atom. The normalized spacial score (nSPS) is 16.2. The summed E-state index contributed by atoms with van der Waals surface area (Å²) in [5.74, 6) is 0.753. The Kier molecular flexibility index (Phi) is 8.29. The molecule has 1 aliphatic carbocycles. The molecule has 0 unspecified atom stereocenters. The van der Waals surface area contributed by atoms with Gasteiger partial charge in [-0.15, -0.1) is 5.10 Å². The molecule has 2 atom stereocenters. The molecule has 6 rings (SSSR count). The average molecular weight is 642 g/mol. The van der Waals surface area contributed by atoms with Crippen LogP contribution in [0.25, 0.3) is 16.8 Å². The number of amides is 1. The molecular formula is C29H30ClF2N9O4. The number of carbonyl (C=O) groups is 1. The van der Waals surface area contributed by atoms with Crippen LogP contribution in [0.5, 0.6) is 11.5 Å². The third-order valence-corrected chi connectivity index (χ3v) is 7.89. The Morgan fingerprint density at radius 3 is 2.71 bits per heavy atom. The van der Waals surface area contributed by atoms with E-state index in [9.17, 15) is 13.6 Å². The van der Waals surface area contributed by atoms with E-state index >= 15 is 0 Å². The standard InChI is InChI=1S/C29H30ClF2N9O4/c1-39(12-16-4-5-17(43-2)9-22(16)44-3)20-10-23(30)36-28-24(20)34-14-40(28)29(42)35-19-6-7-21(19)45-13-15-8-18(33)27-37-26(25(31)32)38-41(27)11-15/h4-5,8-11,14,19,21,25H,6-7,12-13,33H2,1-3H3,(H,35,42)/t19-,21-/m1/s1. The first-order valence-corrected chi connectivity index (χ1v) is 14.3. The zero-order chi connectivity index (χ0) is 31.8. The Morgan fingerprint density at radius 1 is 1.18 bits per heavy atom. The highest BCUT2D eigenvalue weighted by atomic mass is 35.5. The molecule has 1 saturated carbocycles. The monoisotopic (exact) mass is 641 g/mol. The van der Waals surface area contributed by atoms with E-state index in [2.05, 4.69) is 25.4 Å². The number of benzene rings is 1. The number of hydrogen-bond acceptors (Lipinski definition) is 10. The Labute approximate surface area is 260 Å². The molecule has 5 aromatic rings. The molecule has 4 aromatic heterocycles. The van der Waals surface area contributed by atoms with Gasteiger partial charge < -0.3 is 30.2 Å². The van der Waals surface area contributed by atoms with Crippen molar-refractivity contribution in [3.05, 3.63) is 65.0 Å². The second kappa shape index (κ2) is 12.3. The molecule has 1 aliphatic rings. The lowest BCUT2D eigenvalue weighted by Crippen LogP contribution is -2.52. The van der Waals surface area contributed by atoms with Crippen LogP contribution in [0.15, 0.2) is 42.9 Å². The molecule has 45 heavy (non-hydrogen) atoms. The minimum atomic E-state index is -2.81. The van der Waals surface area contributed by atoms with Crippen LogP contribution in [0.3, 0.4) is 0 Å². The molecule has 4 heterocycles. The first-order chi connectivity index (χ1) is 21.6. The maximum atomic E-state index is 13.4. The summed E-state index contributed by atoms with van der Waals surface area (Å²) in [5.41, 5.74) is 9.40. The van der Waals surface area contributed by atoms with Crippen molar-refractivity contribution in [1.82, 2.24) is 34.4 Å². The summed E-state index contributed by atoms with van der Waals surface area (Å²) >= 11 is 6.41. The Hall–Kier alpha value is -4.76. The number of nitrogens with two attached hydrogens (primary N) is 1. The van der Waals surface area contributed by atoms with Crippen LogP contribution < -0.4 is 25.4 Å². The molecule has 0 saturated heterocycles. The lowest BCUT2D eigenvalue weighted by molar-refractivity contribution is -0.0324. The SMILES string of the molecule is COc1ccc(CN(C)c2cc(Cl)nc3c2ncn3C(=O)N[C@@H]2CC[C@H]2OCc2cc(N)c3nc(C(F)F)nn3c2)c(OC)c1. The predicted molar refractivity (Wildman–Crippen MR) is 162 cm³/mol. The van der Waals surface area contributed by atoms with Crippen LogP contribution >= 0.6 is 11.6 Å². The number of hydrogen-bond donors (Lipinski definition) is 2. The van der Waals surface area contributed by atoms with E-state index in [1.54, 1.807) is 32.5 Å². The molecule has 13 nitrogen and oxygen atoms in total. The summed E-state index contributed by atoms with van der Waals surface area (Å²) in [5, 5.41) is 6.98. The summed E-state index contributed by atoms with van der Waals surface area (Å²) in [6.45, 7) is 0.604. The maximum Gasteiger partial charge on any atom is 0.328 e. The smallest absolute Gasteiger partial charge is 0.328 e. The lowest BCUT2D eigenvalue weighted by Gasteiger charge is -2.36. The third kappa shape index (κ3) is 6.00. The number of fused-ring (bicyclic) bond motifs is 2. The van der Waals surface area contributed by atoms with Crippen molar-refractivity contribution in [1.29, 1.82) is 0 Å². The van der Waals surface area contributed by atoms with E-state index in [0.29, 0.717) is 46.9 Å². The minimum Gasteiger partial charge on any atom is -0.497 e. The van der Waals surface area contributed by atoms with Gasteiger partial charge in [0.15, 0.2) is 11.3 Å². The number of nitrogen functional groups attached to an aromatic ring is 1. The van der Waals surface area contributed by atoms with E-state index in [1.807, 2.05) is 30.1 Å². The average Bonchev–Trinajstić information content (AvgIpc) is 3.64. The van der Waals surface area contributed by atoms with Gasteiger partial charge in [-0.1, -0.05) is 11.6 Å². The highest BCUT2D eigenvalue weighted by Gasteiger charge is 2.34. The highest BCUT2D eigenvalue weighted by Crippen LogP contribution is 2.32. The predicted octanol–water partition coefficient (Wildman–Crippen LogP) is 4.61. The van der Waals surface area contributed by atoms with Gasteiger partial charge in [0.1, 0.15) is 28.5 Å². The fourth-order valence-electron chi connectivity index (χ4n) is 5.23. The van der Waals surface area contributed by atoms with Crippen molar-refractivity contribution in [3.8, 4) is 11.5 Å². The number of pyridine rings is 2. The molecule has 1 amide bonds. The molecular weight excluding hydrogens is 612 g/mol. The van der Waals surface area contributed by atoms with Gasteiger partial charge in [-0.05, 0) is 36.6 Å². The summed E-state index contributed by atoms with van der Waals surface area (Å²) in [6.07, 6.45) is 1.30. The zero-order valence-electron chi connectivity index (χ0n) is 24.6. The van der Waals surface area contributed by atoms with Crippen molar-refractivity contribution in [3.63, 3.8) is 0 Å². The lowest BCUT2D eigenvalue weighted by atomic mass is 9.89. The molecule has 0 radical (unpaired) electrons. The van der Waals surface area contributed by atoms with Crippen molar-refractivity contribution in [2.45, 2.75) is 44.6 Å². The topological polar surface area (TPSA) is 147 Å². The molecule has 0 bridgehead atoms. The van der Waals surface area contributed by atoms with Crippen molar-refractivity contribution in [2.24, 2.45) is 0 Å². The van der Waals surface area contributed by atoms with Crippen LogP contribution in [0.4, 0.5) is 25.0 Å². The minimum absolute atomic E-state index is 0.140. The molecule has 16 heteroatoms. The summed E-state index contributed by atoms with van der Waals surface area (Å²) < 4.78 is 45.4. The number of nitrogens with zero attached hydrogens (tertiary/aromatic N) is 7. The molecule has 1 fully saturated rings. The summed E-state index contributed by atoms with van der Waals surface area (Å²) in [4.78, 5) is 28.0. The maximum absolute atomic E-state index is 13.4. The number of imidazole rings is 1. The second-order valence-electron chi connectivity index (χ2n) is 10.6. The van der Waals surface area contributed by atoms with Gasteiger partial charge >= 0.3 is 6.03 Å². The Balaban J connectivity index is 1.14. The fourth-order valence-corrected chi connectivity index (χ4v) is 5.41. The fraction of sp³-hybridized carbons (Fsp3) is 0.345. The van der Waals surface area contributed by atoms with E-state index < -0.39 is 18.3 Å². The quantitative estimate of drug-likeness (QED) is 0.207. The number of methoxy groups -OCH3 is 2. The van der Waals surface area contributed by atoms with Crippen molar-refractivity contribution < 1.29 is 27.8 Å². The summed E-state index contributed by atoms with van der Waals surface area (Å²) in [6, 6.07) is 8.20. The number of rotatable bonds is 10. The van der Waals surface area contributed by atoms with Crippen LogP contribution in [0.2, 0.25) is 5.15 Å². The van der Waals surface area contributed by atoms with Crippen LogP contribution in [0.1, 0.15) is 36.2 Å². The number of anilines is 2. The number of carbonyl (C=O) groups excluding carboxylic acids is 1. The largest absolute Gasteiger partial charge is 0.497 e. The second-order valence-corrected chi connectivity index (χ2v) is 11.0. The molecule has 0 spiro atoms. The number of alkyl halides is 2. The van der Waals surface area contributed by atoms with Gasteiger partial charge in [0.05, 0.1) is 44.3 Å². The molecule has 1 aromatic carbocycles. The first-order valence-electron chi connectivity index (χ1n) is 14.0. The van der Waals surface area contributed by atoms with Crippen LogP contribution in [0, 0.1) is 0 Å². The van der Waals surface area contributed by atoms with Gasteiger partial charge in [-0.3, -0.25) is 0 Å². The summed E-state index contributed by atoms with van der Waals surface area (Å²) in [7, 11) is 5.07. The number of nitrogens with one attached hydrogen (secondary N) is 1. The van der Waals surface area contributed by atoms with Gasteiger partial charge in [-0.25, -0.2) is 37.6 Å². The number of ether oxygens (including phenoxy) is 3. The third-order valence-electron chi connectivity index (χ3n) is 7.70. The van der Waals surface area contributed by atoms with Gasteiger partial charge in [-0.2, -0.15) is 0 Å². The van der Waals surface area contributed by atoms with Crippen LogP contribution in [-0.2, 0) is 17.9 Å². The van der Waals surface area contributed by atoms with E-state index in [4.69, 9.17) is 31.5 Å². The van der Waals surface area contributed by atoms with Gasteiger partial charge in [0.2, 0.25) is 5.82 Å². The first kappa shape index (κ1) is 30.3. The van der Waals surface area contributed by atoms with Gasteiger partial charge in [0, 0.05) is 37.5 Å². The molecule has 3 N–H and O–H groups in total. The molecule has 236 valence electrons. The number of halogens is 3. The van der Waals surface area contributed by atoms with E-state index in [-0.39, 0.29) is 35.2 Å². The number of aromatic nitrogens is 6. The van der Waals surface area contributed by atoms with Crippen LogP contribution in [-0.4, -0.2) is 68.6 Å². The zero-order valence-corrected chi connectivity index (χ0v) is 25.3. The molecule has 0 aliphatic heterocycles. The van der Waals surface area contributed by atoms with Gasteiger partial charge in [0.25, 0.3) is 6.43 Å². The van der Waals surface area contributed by atoms with E-state index in [0.717, 1.165) is 12.0 Å². The van der Waals surface area contributed by atoms with Crippen molar-refractivity contribution >= 4 is 45.8 Å². The van der Waals surface area contributed by atoms with E-state index in [1.165, 1.54) is 15.4 Å². The van der Waals surface area contributed by atoms with Crippen molar-refractivity contribution in [2.75, 3.05) is 31.9 Å².